The largest absolute Gasteiger partial charge is 0.330 e. The van der Waals surface area contributed by atoms with Crippen LogP contribution in [0.3, 0.4) is 0 Å². The van der Waals surface area contributed by atoms with Crippen molar-refractivity contribution < 1.29 is 0 Å². The van der Waals surface area contributed by atoms with Gasteiger partial charge < -0.3 is 5.73 Å². The van der Waals surface area contributed by atoms with Crippen LogP contribution in [0.1, 0.15) is 55.1 Å². The van der Waals surface area contributed by atoms with E-state index < -0.39 is 0 Å². The van der Waals surface area contributed by atoms with Gasteiger partial charge in [-0.1, -0.05) is 6.42 Å². The molecule has 1 saturated heterocycles. The summed E-state index contributed by atoms with van der Waals surface area (Å²) in [5.74, 6) is 0.731. The van der Waals surface area contributed by atoms with Crippen LogP contribution in [0.25, 0.3) is 0 Å². The molecule has 4 nitrogen and oxygen atoms in total. The van der Waals surface area contributed by atoms with Crippen molar-refractivity contribution in [3.63, 3.8) is 0 Å². The molecule has 1 aliphatic heterocycles. The van der Waals surface area contributed by atoms with E-state index in [1.54, 1.807) is 0 Å². The second kappa shape index (κ2) is 5.86. The first kappa shape index (κ1) is 14.1. The average molecular weight is 276 g/mol. The van der Waals surface area contributed by atoms with Crippen LogP contribution in [0.15, 0.2) is 0 Å². The molecular formula is C16H28N4. The number of nitrogens with zero attached hydrogens (tertiary/aromatic N) is 3. The van der Waals surface area contributed by atoms with Crippen LogP contribution in [0.2, 0.25) is 0 Å². The summed E-state index contributed by atoms with van der Waals surface area (Å²) in [6.45, 7) is 5.50. The van der Waals surface area contributed by atoms with Crippen molar-refractivity contribution in [2.24, 2.45) is 18.7 Å². The Morgan fingerprint density at radius 1 is 1.25 bits per heavy atom. The summed E-state index contributed by atoms with van der Waals surface area (Å²) in [5.41, 5.74) is 10.0. The fourth-order valence-corrected chi connectivity index (χ4v) is 4.21. The predicted molar refractivity (Wildman–Crippen MR) is 81.6 cm³/mol. The van der Waals surface area contributed by atoms with Crippen molar-refractivity contribution in [1.29, 1.82) is 0 Å². The number of aromatic nitrogens is 2. The van der Waals surface area contributed by atoms with Gasteiger partial charge in [-0.2, -0.15) is 5.10 Å². The van der Waals surface area contributed by atoms with E-state index in [1.807, 2.05) is 0 Å². The van der Waals surface area contributed by atoms with Gasteiger partial charge in [-0.05, 0) is 64.6 Å². The highest BCUT2D eigenvalue weighted by Gasteiger charge is 2.34. The van der Waals surface area contributed by atoms with Crippen LogP contribution < -0.4 is 5.73 Å². The number of hydrogen-bond donors (Lipinski definition) is 1. The first-order valence-corrected chi connectivity index (χ1v) is 8.17. The minimum Gasteiger partial charge on any atom is -0.330 e. The quantitative estimate of drug-likeness (QED) is 0.920. The summed E-state index contributed by atoms with van der Waals surface area (Å²) in [7, 11) is 2.10. The molecule has 3 rings (SSSR count). The monoisotopic (exact) mass is 276 g/mol. The Bertz CT molecular complexity index is 459. The normalized spacial score (nSPS) is 27.6. The first-order chi connectivity index (χ1) is 9.70. The number of nitrogens with two attached hydrogens (primary N) is 1. The number of aryl methyl sites for hydroxylation is 2. The van der Waals surface area contributed by atoms with Crippen LogP contribution >= 0.6 is 0 Å². The molecule has 2 aliphatic rings. The zero-order chi connectivity index (χ0) is 14.1. The van der Waals surface area contributed by atoms with E-state index >= 15 is 0 Å². The summed E-state index contributed by atoms with van der Waals surface area (Å²) in [6.07, 6.45) is 7.69. The summed E-state index contributed by atoms with van der Waals surface area (Å²) in [5, 5.41) is 4.69. The lowest BCUT2D eigenvalue weighted by Crippen LogP contribution is -2.38. The van der Waals surface area contributed by atoms with E-state index in [0.29, 0.717) is 6.04 Å². The third-order valence-electron chi connectivity index (χ3n) is 5.17. The molecule has 1 fully saturated rings. The van der Waals surface area contributed by atoms with Crippen LogP contribution in [0.4, 0.5) is 0 Å². The summed E-state index contributed by atoms with van der Waals surface area (Å²) < 4.78 is 2.12. The number of likely N-dealkylation sites (tertiary alicyclic amines) is 1. The van der Waals surface area contributed by atoms with Crippen molar-refractivity contribution in [3.05, 3.63) is 17.0 Å². The van der Waals surface area contributed by atoms with Crippen LogP contribution in [-0.4, -0.2) is 34.3 Å². The highest BCUT2D eigenvalue weighted by molar-refractivity contribution is 5.32. The van der Waals surface area contributed by atoms with E-state index in [4.69, 9.17) is 10.8 Å². The Hall–Kier alpha value is -0.870. The summed E-state index contributed by atoms with van der Waals surface area (Å²) in [4.78, 5) is 2.71. The van der Waals surface area contributed by atoms with Crippen molar-refractivity contribution in [2.75, 3.05) is 19.6 Å². The van der Waals surface area contributed by atoms with Crippen molar-refractivity contribution in [3.8, 4) is 0 Å². The Morgan fingerprint density at radius 3 is 2.70 bits per heavy atom. The Morgan fingerprint density at radius 2 is 2.00 bits per heavy atom. The number of rotatable bonds is 3. The SMILES string of the molecule is Cc1nn(C)c2c1C(N1CCCCC1)CC(CCN)C2. The van der Waals surface area contributed by atoms with E-state index in [2.05, 4.69) is 23.6 Å². The van der Waals surface area contributed by atoms with Crippen molar-refractivity contribution >= 4 is 0 Å². The maximum atomic E-state index is 5.81. The van der Waals surface area contributed by atoms with Gasteiger partial charge in [-0.15, -0.1) is 0 Å². The fourth-order valence-electron chi connectivity index (χ4n) is 4.21. The highest BCUT2D eigenvalue weighted by atomic mass is 15.3. The second-order valence-corrected chi connectivity index (χ2v) is 6.57. The molecule has 112 valence electrons. The fraction of sp³-hybridized carbons (Fsp3) is 0.812. The molecule has 20 heavy (non-hydrogen) atoms. The molecular weight excluding hydrogens is 248 g/mol. The first-order valence-electron chi connectivity index (χ1n) is 8.17. The van der Waals surface area contributed by atoms with Gasteiger partial charge in [0.15, 0.2) is 0 Å². The third-order valence-corrected chi connectivity index (χ3v) is 5.17. The molecule has 0 bridgehead atoms. The molecule has 1 aromatic heterocycles. The summed E-state index contributed by atoms with van der Waals surface area (Å²) >= 11 is 0. The van der Waals surface area contributed by atoms with Gasteiger partial charge in [-0.25, -0.2) is 0 Å². The average Bonchev–Trinajstić information content (AvgIpc) is 2.75. The van der Waals surface area contributed by atoms with Crippen LogP contribution in [0, 0.1) is 12.8 Å². The van der Waals surface area contributed by atoms with Gasteiger partial charge in [0.05, 0.1) is 5.69 Å². The molecule has 1 aromatic rings. The summed E-state index contributed by atoms with van der Waals surface area (Å²) in [6, 6.07) is 0.587. The maximum absolute atomic E-state index is 5.81. The molecule has 0 amide bonds. The van der Waals surface area contributed by atoms with Gasteiger partial charge in [0.25, 0.3) is 0 Å². The lowest BCUT2D eigenvalue weighted by Gasteiger charge is -2.39. The van der Waals surface area contributed by atoms with E-state index in [9.17, 15) is 0 Å². The maximum Gasteiger partial charge on any atom is 0.0644 e. The second-order valence-electron chi connectivity index (χ2n) is 6.57. The van der Waals surface area contributed by atoms with E-state index in [0.717, 1.165) is 25.3 Å². The van der Waals surface area contributed by atoms with Crippen LogP contribution in [0.5, 0.6) is 0 Å². The molecule has 2 unspecified atom stereocenters. The molecule has 1 aliphatic carbocycles. The van der Waals surface area contributed by atoms with Gasteiger partial charge in [0, 0.05) is 24.3 Å². The Balaban J connectivity index is 1.91. The zero-order valence-electron chi connectivity index (χ0n) is 12.9. The van der Waals surface area contributed by atoms with Crippen molar-refractivity contribution in [1.82, 2.24) is 14.7 Å². The molecule has 2 N–H and O–H groups in total. The molecule has 2 heterocycles. The molecule has 0 saturated carbocycles. The molecule has 4 heteroatoms. The van der Waals surface area contributed by atoms with E-state index in [1.165, 1.54) is 55.7 Å². The van der Waals surface area contributed by atoms with Crippen LogP contribution in [-0.2, 0) is 13.5 Å². The van der Waals surface area contributed by atoms with Gasteiger partial charge >= 0.3 is 0 Å². The lowest BCUT2D eigenvalue weighted by molar-refractivity contribution is 0.129. The molecule has 0 spiro atoms. The smallest absolute Gasteiger partial charge is 0.0644 e. The Labute approximate surface area is 122 Å². The molecule has 0 aromatic carbocycles. The molecule has 0 radical (unpaired) electrons. The Kier molecular flexibility index (Phi) is 4.13. The lowest BCUT2D eigenvalue weighted by atomic mass is 9.80. The molecule has 2 atom stereocenters. The standard InChI is InChI=1S/C16H28N4/c1-12-16-14(19(2)18-12)10-13(6-7-17)11-15(16)20-8-4-3-5-9-20/h13,15H,3-11,17H2,1-2H3. The number of piperidine rings is 1. The van der Waals surface area contributed by atoms with Gasteiger partial charge in [0.1, 0.15) is 0 Å². The van der Waals surface area contributed by atoms with E-state index in [-0.39, 0.29) is 0 Å². The highest BCUT2D eigenvalue weighted by Crippen LogP contribution is 2.40. The predicted octanol–water partition coefficient (Wildman–Crippen LogP) is 2.17. The number of fused-ring (bicyclic) bond motifs is 1. The van der Waals surface area contributed by atoms with Crippen molar-refractivity contribution in [2.45, 2.75) is 51.5 Å². The topological polar surface area (TPSA) is 47.1 Å². The van der Waals surface area contributed by atoms with Gasteiger partial charge in [0.2, 0.25) is 0 Å². The minimum absolute atomic E-state index is 0.587. The number of hydrogen-bond acceptors (Lipinski definition) is 3. The minimum atomic E-state index is 0.587. The van der Waals surface area contributed by atoms with Gasteiger partial charge in [-0.3, -0.25) is 9.58 Å². The zero-order valence-corrected chi connectivity index (χ0v) is 12.9. The third kappa shape index (κ3) is 2.51.